The van der Waals surface area contributed by atoms with Crippen LogP contribution in [0.15, 0.2) is 54.9 Å². The minimum Gasteiger partial charge on any atom is -0.329 e. The minimum atomic E-state index is -0.642. The predicted molar refractivity (Wildman–Crippen MR) is 124 cm³/mol. The van der Waals surface area contributed by atoms with Gasteiger partial charge in [0.25, 0.3) is 0 Å². The molecule has 0 aliphatic heterocycles. The average molecular weight is 433 g/mol. The number of aryl methyl sites for hydroxylation is 1. The van der Waals surface area contributed by atoms with Crippen molar-refractivity contribution in [2.45, 2.75) is 51.5 Å². The molecule has 1 saturated carbocycles. The summed E-state index contributed by atoms with van der Waals surface area (Å²) in [6.45, 7) is 2.15. The summed E-state index contributed by atoms with van der Waals surface area (Å²) in [4.78, 5) is 9.24. The highest BCUT2D eigenvalue weighted by Crippen LogP contribution is 2.36. The molecule has 164 valence electrons. The molecule has 0 atom stereocenters. The van der Waals surface area contributed by atoms with Crippen LogP contribution in [-0.4, -0.2) is 14.5 Å². The summed E-state index contributed by atoms with van der Waals surface area (Å²) in [5.41, 5.74) is 4.68. The first-order valence-electron chi connectivity index (χ1n) is 11.3. The molecule has 2 aromatic heterocycles. The van der Waals surface area contributed by atoms with Crippen molar-refractivity contribution < 1.29 is 8.78 Å². The summed E-state index contributed by atoms with van der Waals surface area (Å²) in [6.07, 6.45) is 11.0. The SMILES string of the molecule is CCc1ccc(-c2cn(C3CCCCC3)c3nc(Nc4cc(F)cc(F)c4)ncc23)cc1. The lowest BCUT2D eigenvalue weighted by atomic mass is 9.95. The molecule has 32 heavy (non-hydrogen) atoms. The average Bonchev–Trinajstić information content (AvgIpc) is 3.18. The van der Waals surface area contributed by atoms with E-state index >= 15 is 0 Å². The molecular formula is C26H26F2N4. The quantitative estimate of drug-likeness (QED) is 0.363. The number of nitrogens with one attached hydrogen (secondary N) is 1. The maximum Gasteiger partial charge on any atom is 0.229 e. The van der Waals surface area contributed by atoms with Gasteiger partial charge in [-0.3, -0.25) is 0 Å². The summed E-state index contributed by atoms with van der Waals surface area (Å²) < 4.78 is 29.5. The molecule has 0 bridgehead atoms. The van der Waals surface area contributed by atoms with Crippen molar-refractivity contribution >= 4 is 22.7 Å². The second-order valence-corrected chi connectivity index (χ2v) is 8.51. The minimum absolute atomic E-state index is 0.285. The molecule has 2 heterocycles. The Morgan fingerprint density at radius 1 is 1.00 bits per heavy atom. The van der Waals surface area contributed by atoms with Crippen LogP contribution in [0.25, 0.3) is 22.2 Å². The number of aromatic nitrogens is 3. The molecule has 1 aliphatic carbocycles. The van der Waals surface area contributed by atoms with E-state index in [1.807, 2.05) is 6.20 Å². The van der Waals surface area contributed by atoms with E-state index in [1.54, 1.807) is 0 Å². The second-order valence-electron chi connectivity index (χ2n) is 8.51. The van der Waals surface area contributed by atoms with Crippen LogP contribution in [0, 0.1) is 11.6 Å². The Hall–Kier alpha value is -3.28. The van der Waals surface area contributed by atoms with Crippen LogP contribution in [0.2, 0.25) is 0 Å². The third kappa shape index (κ3) is 4.09. The van der Waals surface area contributed by atoms with E-state index in [4.69, 9.17) is 4.98 Å². The van der Waals surface area contributed by atoms with Gasteiger partial charge in [-0.05, 0) is 42.5 Å². The van der Waals surface area contributed by atoms with Gasteiger partial charge in [-0.2, -0.15) is 4.98 Å². The lowest BCUT2D eigenvalue weighted by molar-refractivity contribution is 0.360. The van der Waals surface area contributed by atoms with Gasteiger partial charge in [-0.15, -0.1) is 0 Å². The van der Waals surface area contributed by atoms with Gasteiger partial charge < -0.3 is 9.88 Å². The number of fused-ring (bicyclic) bond motifs is 1. The Morgan fingerprint density at radius 2 is 1.72 bits per heavy atom. The molecule has 2 aromatic carbocycles. The van der Waals surface area contributed by atoms with E-state index in [9.17, 15) is 8.78 Å². The Morgan fingerprint density at radius 3 is 2.41 bits per heavy atom. The largest absolute Gasteiger partial charge is 0.329 e. The maximum absolute atomic E-state index is 13.6. The summed E-state index contributed by atoms with van der Waals surface area (Å²) in [5.74, 6) is -0.959. The van der Waals surface area contributed by atoms with Crippen molar-refractivity contribution in [1.82, 2.24) is 14.5 Å². The summed E-state index contributed by atoms with van der Waals surface area (Å²) in [6, 6.07) is 12.3. The van der Waals surface area contributed by atoms with E-state index in [0.29, 0.717) is 12.0 Å². The van der Waals surface area contributed by atoms with E-state index < -0.39 is 11.6 Å². The van der Waals surface area contributed by atoms with Crippen molar-refractivity contribution in [3.63, 3.8) is 0 Å². The van der Waals surface area contributed by atoms with Crippen LogP contribution in [0.4, 0.5) is 20.4 Å². The van der Waals surface area contributed by atoms with E-state index in [-0.39, 0.29) is 5.69 Å². The fourth-order valence-corrected chi connectivity index (χ4v) is 4.63. The zero-order valence-corrected chi connectivity index (χ0v) is 18.1. The number of halogens is 2. The second kappa shape index (κ2) is 8.69. The van der Waals surface area contributed by atoms with Crippen molar-refractivity contribution in [2.24, 2.45) is 0 Å². The first-order chi connectivity index (χ1) is 15.6. The van der Waals surface area contributed by atoms with Crippen LogP contribution in [-0.2, 0) is 6.42 Å². The molecule has 4 nitrogen and oxygen atoms in total. The molecule has 0 unspecified atom stereocenters. The third-order valence-corrected chi connectivity index (χ3v) is 6.33. The van der Waals surface area contributed by atoms with Crippen LogP contribution in [0.5, 0.6) is 0 Å². The third-order valence-electron chi connectivity index (χ3n) is 6.33. The number of hydrogen-bond acceptors (Lipinski definition) is 3. The summed E-state index contributed by atoms with van der Waals surface area (Å²) in [7, 11) is 0. The van der Waals surface area contributed by atoms with Crippen LogP contribution < -0.4 is 5.32 Å². The summed E-state index contributed by atoms with van der Waals surface area (Å²) >= 11 is 0. The van der Waals surface area contributed by atoms with Gasteiger partial charge in [-0.25, -0.2) is 13.8 Å². The van der Waals surface area contributed by atoms with Gasteiger partial charge in [0.1, 0.15) is 17.3 Å². The van der Waals surface area contributed by atoms with Crippen LogP contribution >= 0.6 is 0 Å². The van der Waals surface area contributed by atoms with E-state index in [1.165, 1.54) is 37.0 Å². The lowest BCUT2D eigenvalue weighted by Crippen LogP contribution is -2.12. The molecule has 1 fully saturated rings. The molecule has 6 heteroatoms. The van der Waals surface area contributed by atoms with Gasteiger partial charge in [0.05, 0.1) is 0 Å². The van der Waals surface area contributed by atoms with Gasteiger partial charge in [0.15, 0.2) is 0 Å². The van der Waals surface area contributed by atoms with Crippen molar-refractivity contribution in [2.75, 3.05) is 5.32 Å². The van der Waals surface area contributed by atoms with E-state index in [2.05, 4.69) is 52.3 Å². The Balaban J connectivity index is 1.59. The number of nitrogens with zero attached hydrogens (tertiary/aromatic N) is 3. The molecule has 0 radical (unpaired) electrons. The monoisotopic (exact) mass is 432 g/mol. The molecule has 0 amide bonds. The zero-order chi connectivity index (χ0) is 22.1. The van der Waals surface area contributed by atoms with Crippen molar-refractivity contribution in [3.8, 4) is 11.1 Å². The first kappa shape index (κ1) is 20.6. The topological polar surface area (TPSA) is 42.7 Å². The Kier molecular flexibility index (Phi) is 5.60. The molecule has 1 N–H and O–H groups in total. The van der Waals surface area contributed by atoms with Crippen molar-refractivity contribution in [1.29, 1.82) is 0 Å². The predicted octanol–water partition coefficient (Wildman–Crippen LogP) is 7.19. The Bertz CT molecular complexity index is 1220. The van der Waals surface area contributed by atoms with Crippen LogP contribution in [0.3, 0.4) is 0 Å². The highest BCUT2D eigenvalue weighted by Gasteiger charge is 2.21. The molecule has 0 spiro atoms. The van der Waals surface area contributed by atoms with Crippen molar-refractivity contribution in [3.05, 3.63) is 72.1 Å². The van der Waals surface area contributed by atoms with Gasteiger partial charge in [0, 0.05) is 41.1 Å². The molecule has 5 rings (SSSR count). The highest BCUT2D eigenvalue weighted by atomic mass is 19.1. The number of hydrogen-bond donors (Lipinski definition) is 1. The number of rotatable bonds is 5. The summed E-state index contributed by atoms with van der Waals surface area (Å²) in [5, 5.41) is 3.94. The van der Waals surface area contributed by atoms with E-state index in [0.717, 1.165) is 47.5 Å². The molecule has 4 aromatic rings. The van der Waals surface area contributed by atoms with Gasteiger partial charge in [0.2, 0.25) is 5.95 Å². The molecule has 0 saturated heterocycles. The van der Waals surface area contributed by atoms with Gasteiger partial charge in [-0.1, -0.05) is 50.5 Å². The first-order valence-corrected chi connectivity index (χ1v) is 11.3. The highest BCUT2D eigenvalue weighted by molar-refractivity contribution is 5.94. The fraction of sp³-hybridized carbons (Fsp3) is 0.308. The smallest absolute Gasteiger partial charge is 0.229 e. The standard InChI is InChI=1S/C26H26F2N4/c1-2-17-8-10-18(11-9-17)24-16-32(22-6-4-3-5-7-22)25-23(24)15-29-26(31-25)30-21-13-19(27)12-20(28)14-21/h8-16,22H,2-7H2,1H3,(H,29,30,31). The molecule has 1 aliphatic rings. The number of anilines is 2. The van der Waals surface area contributed by atoms with Crippen LogP contribution in [0.1, 0.15) is 50.6 Å². The fourth-order valence-electron chi connectivity index (χ4n) is 4.63. The zero-order valence-electron chi connectivity index (χ0n) is 18.1. The normalized spacial score (nSPS) is 14.7. The molecular weight excluding hydrogens is 406 g/mol. The van der Waals surface area contributed by atoms with Gasteiger partial charge >= 0.3 is 0 Å². The maximum atomic E-state index is 13.6. The Labute approximate surface area is 186 Å². The lowest BCUT2D eigenvalue weighted by Gasteiger charge is -2.23. The number of benzene rings is 2.